The first kappa shape index (κ1) is 40.8. The lowest BCUT2D eigenvalue weighted by molar-refractivity contribution is -0.147. The zero-order valence-corrected chi connectivity index (χ0v) is 31.0. The molecule has 5 N–H and O–H groups in total. The molecule has 1 aromatic heterocycles. The first-order valence-corrected chi connectivity index (χ1v) is 19.7. The molecule has 3 heterocycles. The van der Waals surface area contributed by atoms with Crippen LogP contribution in [0.3, 0.4) is 0 Å². The maximum atomic E-state index is 14.7. The minimum atomic E-state index is -4.31. The number of rotatable bonds is 14. The lowest BCUT2D eigenvalue weighted by atomic mass is 9.84. The number of halogens is 2. The van der Waals surface area contributed by atoms with Gasteiger partial charge in [-0.05, 0) is 50.5 Å². The van der Waals surface area contributed by atoms with Crippen molar-refractivity contribution in [3.8, 4) is 0 Å². The summed E-state index contributed by atoms with van der Waals surface area (Å²) in [6.07, 6.45) is 2.91. The Bertz CT molecular complexity index is 1820. The maximum Gasteiger partial charge on any atom is 0.287 e. The number of aromatic nitrogens is 3. The van der Waals surface area contributed by atoms with Crippen LogP contribution in [0.1, 0.15) is 93.7 Å². The summed E-state index contributed by atoms with van der Waals surface area (Å²) < 4.78 is 57.2. The van der Waals surface area contributed by atoms with E-state index in [1.807, 2.05) is 0 Å². The van der Waals surface area contributed by atoms with Gasteiger partial charge < -0.3 is 31.1 Å². The number of likely N-dealkylation sites (tertiary alicyclic amines) is 1. The van der Waals surface area contributed by atoms with Crippen LogP contribution in [0.5, 0.6) is 0 Å². The molecule has 1 aromatic carbocycles. The van der Waals surface area contributed by atoms with E-state index in [-0.39, 0.29) is 61.8 Å². The smallest absolute Gasteiger partial charge is 0.287 e. The van der Waals surface area contributed by atoms with E-state index >= 15 is 0 Å². The molecular weight excluding hydrogens is 732 g/mol. The first-order chi connectivity index (χ1) is 25.4. The Morgan fingerprint density at radius 1 is 1.07 bits per heavy atom. The predicted molar refractivity (Wildman–Crippen MR) is 186 cm³/mol. The highest BCUT2D eigenvalue weighted by Gasteiger charge is 2.49. The quantitative estimate of drug-likeness (QED) is 0.199. The molecule has 0 radical (unpaired) electrons. The second kappa shape index (κ2) is 16.6. The number of nitrogens with one attached hydrogen (secondary N) is 2. The number of aliphatic hydroxyl groups is 1. The van der Waals surface area contributed by atoms with Crippen LogP contribution in [-0.4, -0.2) is 112 Å². The van der Waals surface area contributed by atoms with Crippen LogP contribution in [0.15, 0.2) is 35.4 Å². The van der Waals surface area contributed by atoms with E-state index in [2.05, 4.69) is 20.9 Å². The summed E-state index contributed by atoms with van der Waals surface area (Å²) in [5.41, 5.74) is 2.62. The predicted octanol–water partition coefficient (Wildman–Crippen LogP) is 1.18. The van der Waals surface area contributed by atoms with E-state index in [0.717, 1.165) is 44.2 Å². The molecule has 2 aromatic rings. The van der Waals surface area contributed by atoms with Gasteiger partial charge in [-0.15, -0.1) is 5.10 Å². The molecular formula is C35H47F2N7O9S. The molecule has 3 atom stereocenters. The Morgan fingerprint density at radius 2 is 1.72 bits per heavy atom. The molecule has 3 fully saturated rings. The first-order valence-electron chi connectivity index (χ1n) is 18.0. The third-order valence-corrected chi connectivity index (χ3v) is 12.2. The summed E-state index contributed by atoms with van der Waals surface area (Å²) in [5.74, 6) is -5.64. The molecule has 5 rings (SSSR count). The number of hydrogen-bond donors (Lipinski definition) is 4. The van der Waals surface area contributed by atoms with Crippen molar-refractivity contribution in [1.29, 1.82) is 0 Å². The highest BCUT2D eigenvalue weighted by atomic mass is 32.2. The Labute approximate surface area is 311 Å². The average molecular weight is 780 g/mol. The topological polar surface area (TPSA) is 233 Å². The molecule has 2 aliphatic heterocycles. The van der Waals surface area contributed by atoms with Gasteiger partial charge in [-0.3, -0.25) is 24.0 Å². The van der Waals surface area contributed by atoms with Gasteiger partial charge >= 0.3 is 0 Å². The van der Waals surface area contributed by atoms with Crippen LogP contribution in [-0.2, 0) is 39.4 Å². The number of benzene rings is 1. The molecule has 2 unspecified atom stereocenters. The van der Waals surface area contributed by atoms with Crippen LogP contribution >= 0.6 is 0 Å². The SMILES string of the molecule is CC(C)(O)c1cnnn1C1CC(C(=O)NC2(C(=O)C(N)=O)CCOCC2)N(C(=O)[C@@H](CC2CCCCC2)NC(=O)c2ccc(S(=O)(=O)CC(F)F)cc2)C1. The number of primary amides is 1. The van der Waals surface area contributed by atoms with Gasteiger partial charge in [0.2, 0.25) is 17.6 Å². The number of carbonyl (C=O) groups excluding carboxylic acids is 5. The minimum Gasteiger partial charge on any atom is -0.384 e. The molecule has 0 bridgehead atoms. The summed E-state index contributed by atoms with van der Waals surface area (Å²) in [6.45, 7) is 3.10. The second-order valence-electron chi connectivity index (χ2n) is 14.9. The number of nitrogens with zero attached hydrogens (tertiary/aromatic N) is 4. The Morgan fingerprint density at radius 3 is 2.31 bits per heavy atom. The molecule has 1 aliphatic carbocycles. The van der Waals surface area contributed by atoms with Crippen LogP contribution < -0.4 is 16.4 Å². The van der Waals surface area contributed by atoms with Crippen molar-refractivity contribution < 1.29 is 51.0 Å². The minimum absolute atomic E-state index is 0.0232. The van der Waals surface area contributed by atoms with Crippen molar-refractivity contribution in [3.63, 3.8) is 0 Å². The summed E-state index contributed by atoms with van der Waals surface area (Å²) in [7, 11) is -4.31. The lowest BCUT2D eigenvalue weighted by Gasteiger charge is -2.37. The van der Waals surface area contributed by atoms with E-state index < -0.39 is 80.7 Å². The molecule has 2 saturated heterocycles. The van der Waals surface area contributed by atoms with Gasteiger partial charge in [-0.2, -0.15) is 0 Å². The number of ketones is 1. The number of sulfone groups is 1. The van der Waals surface area contributed by atoms with Gasteiger partial charge in [0.1, 0.15) is 29.0 Å². The van der Waals surface area contributed by atoms with Crippen molar-refractivity contribution in [3.05, 3.63) is 41.7 Å². The highest BCUT2D eigenvalue weighted by Crippen LogP contribution is 2.34. The molecule has 0 spiro atoms. The van der Waals surface area contributed by atoms with E-state index in [1.54, 1.807) is 0 Å². The zero-order chi connectivity index (χ0) is 39.4. The molecule has 16 nitrogen and oxygen atoms in total. The van der Waals surface area contributed by atoms with Gasteiger partial charge in [-0.25, -0.2) is 21.9 Å². The highest BCUT2D eigenvalue weighted by molar-refractivity contribution is 7.91. The summed E-state index contributed by atoms with van der Waals surface area (Å²) >= 11 is 0. The molecule has 296 valence electrons. The van der Waals surface area contributed by atoms with E-state index in [0.29, 0.717) is 5.69 Å². The van der Waals surface area contributed by atoms with Crippen LogP contribution in [0.25, 0.3) is 0 Å². The van der Waals surface area contributed by atoms with E-state index in [1.165, 1.54) is 41.8 Å². The Hall–Kier alpha value is -4.36. The van der Waals surface area contributed by atoms with Crippen LogP contribution in [0.2, 0.25) is 0 Å². The summed E-state index contributed by atoms with van der Waals surface area (Å²) in [4.78, 5) is 68.8. The monoisotopic (exact) mass is 779 g/mol. The van der Waals surface area contributed by atoms with Crippen LogP contribution in [0, 0.1) is 5.92 Å². The zero-order valence-electron chi connectivity index (χ0n) is 30.2. The number of carbonyl (C=O) groups is 5. The van der Waals surface area contributed by atoms with Gasteiger partial charge in [0.15, 0.2) is 9.84 Å². The van der Waals surface area contributed by atoms with Crippen molar-refractivity contribution in [2.24, 2.45) is 11.7 Å². The van der Waals surface area contributed by atoms with Gasteiger partial charge in [0.05, 0.1) is 22.8 Å². The van der Waals surface area contributed by atoms with Crippen molar-refractivity contribution in [2.45, 2.75) is 112 Å². The largest absolute Gasteiger partial charge is 0.384 e. The number of nitrogens with two attached hydrogens (primary N) is 1. The lowest BCUT2D eigenvalue weighted by Crippen LogP contribution is -2.64. The fourth-order valence-electron chi connectivity index (χ4n) is 7.61. The normalized spacial score (nSPS) is 21.4. The molecule has 54 heavy (non-hydrogen) atoms. The molecule has 4 amide bonds. The Balaban J connectivity index is 1.47. The second-order valence-corrected chi connectivity index (χ2v) is 16.9. The average Bonchev–Trinajstić information content (AvgIpc) is 3.80. The fourth-order valence-corrected chi connectivity index (χ4v) is 8.69. The van der Waals surface area contributed by atoms with E-state index in [4.69, 9.17) is 10.5 Å². The standard InChI is InChI=1S/C35H47F2N7O9S/c1-34(2,50)27-18-39-42-44(27)23-17-26(32(48)41-35(29(45)30(38)46)12-14-53-15-13-35)43(19-23)33(49)25(16-21-6-4-3-5-7-21)40-31(47)22-8-10-24(11-9-22)54(51,52)20-28(36)37/h8-11,18,21,23,25-26,28,50H,3-7,12-17,19-20H2,1-2H3,(H2,38,46)(H,40,47)(H,41,48)/t23?,25-,26?/m1/s1. The van der Waals surface area contributed by atoms with Gasteiger partial charge in [0.25, 0.3) is 18.2 Å². The number of ether oxygens (including phenoxy) is 1. The fraction of sp³-hybridized carbons (Fsp3) is 0.629. The number of hydrogen-bond acceptors (Lipinski definition) is 11. The number of amides is 4. The maximum absolute atomic E-state index is 14.7. The number of alkyl halides is 2. The third-order valence-electron chi connectivity index (χ3n) is 10.5. The molecule has 1 saturated carbocycles. The summed E-state index contributed by atoms with van der Waals surface area (Å²) in [5, 5.41) is 24.4. The van der Waals surface area contributed by atoms with Gasteiger partial charge in [0, 0.05) is 44.6 Å². The number of Topliss-reactive ketones (excluding diaryl/α,β-unsaturated/α-hetero) is 1. The van der Waals surface area contributed by atoms with E-state index in [9.17, 15) is 46.3 Å². The molecule has 19 heteroatoms. The van der Waals surface area contributed by atoms with Crippen molar-refractivity contribution >= 4 is 39.2 Å². The Kier molecular flexibility index (Phi) is 12.5. The van der Waals surface area contributed by atoms with Crippen LogP contribution in [0.4, 0.5) is 8.78 Å². The molecule has 3 aliphatic rings. The van der Waals surface area contributed by atoms with Crippen molar-refractivity contribution in [1.82, 2.24) is 30.5 Å². The van der Waals surface area contributed by atoms with Crippen molar-refractivity contribution in [2.75, 3.05) is 25.5 Å². The summed E-state index contributed by atoms with van der Waals surface area (Å²) in [6, 6.07) is 1.37. The van der Waals surface area contributed by atoms with Gasteiger partial charge in [-0.1, -0.05) is 37.3 Å². The third kappa shape index (κ3) is 9.29.